The van der Waals surface area contributed by atoms with Crippen LogP contribution in [0.5, 0.6) is 0 Å². The highest BCUT2D eigenvalue weighted by molar-refractivity contribution is 6.22. The molecule has 1 amide bonds. The molecule has 2 aromatic heterocycles. The second-order valence-corrected chi connectivity index (χ2v) is 8.55. The smallest absolute Gasteiger partial charge is 0.252 e. The van der Waals surface area contributed by atoms with Gasteiger partial charge < -0.3 is 10.3 Å². The Hall–Kier alpha value is -4.18. The number of aromatic amines is 1. The summed E-state index contributed by atoms with van der Waals surface area (Å²) in [4.78, 5) is 21.0. The quantitative estimate of drug-likeness (QED) is 0.389. The average molecular weight is 413 g/mol. The van der Waals surface area contributed by atoms with Gasteiger partial charge in [-0.3, -0.25) is 9.78 Å². The molecule has 1 aliphatic heterocycles. The molecule has 0 unspecified atom stereocenters. The zero-order chi connectivity index (χ0) is 21.4. The van der Waals surface area contributed by atoms with Crippen molar-refractivity contribution < 1.29 is 4.79 Å². The van der Waals surface area contributed by atoms with E-state index in [1.54, 1.807) is 6.20 Å². The van der Waals surface area contributed by atoms with E-state index in [0.717, 1.165) is 56.2 Å². The third kappa shape index (κ3) is 2.21. The number of hydrogen-bond acceptors (Lipinski definition) is 2. The van der Waals surface area contributed by atoms with Crippen LogP contribution in [0.2, 0.25) is 0 Å². The topological polar surface area (TPSA) is 57.8 Å². The van der Waals surface area contributed by atoms with Crippen molar-refractivity contribution in [3.05, 3.63) is 107 Å². The fraction of sp³-hybridized carbons (Fsp3) is 0.0714. The molecule has 0 radical (unpaired) electrons. The Morgan fingerprint density at radius 2 is 1.84 bits per heavy atom. The van der Waals surface area contributed by atoms with Gasteiger partial charge in [-0.05, 0) is 57.6 Å². The summed E-state index contributed by atoms with van der Waals surface area (Å²) in [5, 5.41) is 5.24. The van der Waals surface area contributed by atoms with Crippen LogP contribution < -0.4 is 5.32 Å². The number of pyridine rings is 1. The van der Waals surface area contributed by atoms with Gasteiger partial charge in [0.25, 0.3) is 5.91 Å². The Kier molecular flexibility index (Phi) is 3.37. The Morgan fingerprint density at radius 3 is 2.72 bits per heavy atom. The summed E-state index contributed by atoms with van der Waals surface area (Å²) in [6, 6.07) is 20.7. The first-order valence-electron chi connectivity index (χ1n) is 10.8. The predicted molar refractivity (Wildman–Crippen MR) is 128 cm³/mol. The fourth-order valence-corrected chi connectivity index (χ4v) is 5.43. The van der Waals surface area contributed by atoms with Crippen LogP contribution in [0.1, 0.15) is 38.3 Å². The summed E-state index contributed by atoms with van der Waals surface area (Å²) in [7, 11) is 0. The van der Waals surface area contributed by atoms with Crippen LogP contribution >= 0.6 is 0 Å². The lowest BCUT2D eigenvalue weighted by molar-refractivity contribution is 0.0967. The van der Waals surface area contributed by atoms with Crippen molar-refractivity contribution in [2.75, 3.05) is 0 Å². The minimum Gasteiger partial charge on any atom is -0.354 e. The summed E-state index contributed by atoms with van der Waals surface area (Å²) in [5.74, 6) is 0.0139. The van der Waals surface area contributed by atoms with Crippen molar-refractivity contribution in [1.29, 1.82) is 0 Å². The highest BCUT2D eigenvalue weighted by Crippen LogP contribution is 2.48. The van der Waals surface area contributed by atoms with Crippen molar-refractivity contribution in [2.45, 2.75) is 13.0 Å². The molecule has 0 atom stereocenters. The first-order chi connectivity index (χ1) is 15.7. The molecule has 4 nitrogen and oxygen atoms in total. The first-order valence-corrected chi connectivity index (χ1v) is 10.8. The lowest BCUT2D eigenvalue weighted by atomic mass is 9.91. The number of benzene rings is 3. The predicted octanol–water partition coefficient (Wildman–Crippen LogP) is 5.59. The van der Waals surface area contributed by atoms with Crippen LogP contribution in [0.4, 0.5) is 0 Å². The normalized spacial score (nSPS) is 13.8. The molecule has 152 valence electrons. The van der Waals surface area contributed by atoms with E-state index in [1.165, 1.54) is 22.3 Å². The van der Waals surface area contributed by atoms with E-state index in [2.05, 4.69) is 52.2 Å². The van der Waals surface area contributed by atoms with E-state index in [1.807, 2.05) is 30.3 Å². The second-order valence-electron chi connectivity index (χ2n) is 8.55. The number of nitrogens with zero attached hydrogens (tertiary/aromatic N) is 1. The molecular weight excluding hydrogens is 394 g/mol. The average Bonchev–Trinajstić information content (AvgIpc) is 3.51. The van der Waals surface area contributed by atoms with E-state index >= 15 is 0 Å². The van der Waals surface area contributed by atoms with E-state index in [-0.39, 0.29) is 5.91 Å². The van der Waals surface area contributed by atoms with Crippen LogP contribution in [-0.2, 0) is 13.0 Å². The van der Waals surface area contributed by atoms with Gasteiger partial charge in [-0.1, -0.05) is 43.0 Å². The minimum atomic E-state index is 0.0139. The Labute approximate surface area is 184 Å². The van der Waals surface area contributed by atoms with E-state index in [4.69, 9.17) is 0 Å². The number of nitrogens with one attached hydrogen (secondary N) is 2. The van der Waals surface area contributed by atoms with Crippen LogP contribution in [0.15, 0.2) is 73.4 Å². The van der Waals surface area contributed by atoms with Gasteiger partial charge in [0.2, 0.25) is 0 Å². The SMILES string of the molecule is C=C(c1ccc2c(c1)-c1c3c(c4c([nH]c5ccccc54)c1C2)C(=O)NC3)c1ccccn1. The van der Waals surface area contributed by atoms with E-state index in [9.17, 15) is 4.79 Å². The maximum absolute atomic E-state index is 12.9. The van der Waals surface area contributed by atoms with Gasteiger partial charge in [0.05, 0.1) is 16.8 Å². The number of aromatic nitrogens is 2. The molecule has 5 aromatic rings. The largest absolute Gasteiger partial charge is 0.354 e. The minimum absolute atomic E-state index is 0.0139. The van der Waals surface area contributed by atoms with Gasteiger partial charge in [-0.25, -0.2) is 0 Å². The molecule has 1 aliphatic carbocycles. The number of H-pyrrole nitrogens is 1. The van der Waals surface area contributed by atoms with Gasteiger partial charge in [-0.2, -0.15) is 0 Å². The van der Waals surface area contributed by atoms with Gasteiger partial charge in [-0.15, -0.1) is 0 Å². The van der Waals surface area contributed by atoms with Crippen molar-refractivity contribution >= 4 is 33.3 Å². The number of fused-ring (bicyclic) bond motifs is 10. The van der Waals surface area contributed by atoms with Crippen LogP contribution in [-0.4, -0.2) is 15.9 Å². The standard InChI is InChI=1S/C28H19N3O/c1-15(22-7-4-5-11-29-22)16-9-10-17-13-20-24(19(17)12-16)21-14-30-28(32)26(21)25-18-6-2-3-8-23(18)31-27(20)25/h2-12,31H,1,13-14H2,(H,30,32). The number of carbonyl (C=O) groups excluding carboxylic acids is 1. The van der Waals surface area contributed by atoms with Gasteiger partial charge in [0.1, 0.15) is 0 Å². The molecule has 2 aliphatic rings. The first kappa shape index (κ1) is 17.5. The fourth-order valence-electron chi connectivity index (χ4n) is 5.43. The van der Waals surface area contributed by atoms with Crippen LogP contribution in [0.25, 0.3) is 38.5 Å². The number of hydrogen-bond donors (Lipinski definition) is 2. The van der Waals surface area contributed by atoms with Crippen molar-refractivity contribution in [3.63, 3.8) is 0 Å². The third-order valence-electron chi connectivity index (χ3n) is 6.88. The van der Waals surface area contributed by atoms with Crippen molar-refractivity contribution in [2.24, 2.45) is 0 Å². The lowest BCUT2D eigenvalue weighted by Gasteiger charge is -2.12. The van der Waals surface area contributed by atoms with Crippen LogP contribution in [0, 0.1) is 0 Å². The number of para-hydroxylation sites is 1. The van der Waals surface area contributed by atoms with E-state index in [0.29, 0.717) is 6.54 Å². The van der Waals surface area contributed by atoms with Gasteiger partial charge >= 0.3 is 0 Å². The number of rotatable bonds is 2. The van der Waals surface area contributed by atoms with Crippen molar-refractivity contribution in [3.8, 4) is 11.1 Å². The molecule has 0 spiro atoms. The zero-order valence-corrected chi connectivity index (χ0v) is 17.3. The zero-order valence-electron chi connectivity index (χ0n) is 17.3. The number of carbonyl (C=O) groups is 1. The maximum Gasteiger partial charge on any atom is 0.252 e. The van der Waals surface area contributed by atoms with Gasteiger partial charge in [0, 0.05) is 41.0 Å². The third-order valence-corrected chi connectivity index (χ3v) is 6.88. The monoisotopic (exact) mass is 413 g/mol. The molecular formula is C28H19N3O. The summed E-state index contributed by atoms with van der Waals surface area (Å²) in [6.07, 6.45) is 2.64. The highest BCUT2D eigenvalue weighted by Gasteiger charge is 2.34. The Bertz CT molecular complexity index is 1630. The van der Waals surface area contributed by atoms with Crippen molar-refractivity contribution in [1.82, 2.24) is 15.3 Å². The summed E-state index contributed by atoms with van der Waals surface area (Å²) in [6.45, 7) is 4.87. The Morgan fingerprint density at radius 1 is 0.969 bits per heavy atom. The van der Waals surface area contributed by atoms with Gasteiger partial charge in [0.15, 0.2) is 0 Å². The summed E-state index contributed by atoms with van der Waals surface area (Å²) < 4.78 is 0. The molecule has 7 rings (SSSR count). The molecule has 2 N–H and O–H groups in total. The molecule has 3 aromatic carbocycles. The Balaban J connectivity index is 1.51. The highest BCUT2D eigenvalue weighted by atomic mass is 16.1. The maximum atomic E-state index is 12.9. The number of amides is 1. The lowest BCUT2D eigenvalue weighted by Crippen LogP contribution is -2.12. The summed E-state index contributed by atoms with van der Waals surface area (Å²) >= 11 is 0. The molecule has 0 saturated heterocycles. The molecule has 4 heteroatoms. The molecule has 0 saturated carbocycles. The summed E-state index contributed by atoms with van der Waals surface area (Å²) in [5.41, 5.74) is 11.9. The molecule has 0 bridgehead atoms. The molecule has 0 fully saturated rings. The van der Waals surface area contributed by atoms with Crippen LogP contribution in [0.3, 0.4) is 0 Å². The molecule has 3 heterocycles. The van der Waals surface area contributed by atoms with E-state index < -0.39 is 0 Å². The second kappa shape index (κ2) is 6.17. The molecule has 32 heavy (non-hydrogen) atoms.